The van der Waals surface area contributed by atoms with E-state index in [9.17, 15) is 4.79 Å². The lowest BCUT2D eigenvalue weighted by molar-refractivity contribution is -0.133. The van der Waals surface area contributed by atoms with E-state index in [0.29, 0.717) is 6.54 Å². The van der Waals surface area contributed by atoms with Crippen LogP contribution < -0.4 is 0 Å². The molecule has 6 nitrogen and oxygen atoms in total. The van der Waals surface area contributed by atoms with Crippen LogP contribution in [0.1, 0.15) is 41.7 Å². The van der Waals surface area contributed by atoms with Crippen molar-refractivity contribution >= 4 is 5.91 Å². The molecule has 4 rings (SSSR count). The summed E-state index contributed by atoms with van der Waals surface area (Å²) in [6.07, 6.45) is 2.99. The van der Waals surface area contributed by atoms with Gasteiger partial charge in [-0.2, -0.15) is 5.10 Å². The maximum atomic E-state index is 12.8. The SMILES string of the molecule is Cc1nc([C@H]2CCCN2C(=O)CN2CCc3ccccc3C2)n[nH]1. The molecule has 0 bridgehead atoms. The molecule has 0 aliphatic carbocycles. The summed E-state index contributed by atoms with van der Waals surface area (Å²) in [4.78, 5) is 21.5. The standard InChI is InChI=1S/C18H23N5O/c1-13-19-18(21-20-13)16-7-4-9-23(16)17(24)12-22-10-8-14-5-2-3-6-15(14)11-22/h2-3,5-6,16H,4,7-12H2,1H3,(H,19,20,21)/t16-/m1/s1. The first-order valence-corrected chi connectivity index (χ1v) is 8.68. The van der Waals surface area contributed by atoms with E-state index < -0.39 is 0 Å². The molecule has 0 radical (unpaired) electrons. The lowest BCUT2D eigenvalue weighted by Gasteiger charge is -2.31. The van der Waals surface area contributed by atoms with Crippen molar-refractivity contribution in [1.82, 2.24) is 25.0 Å². The Morgan fingerprint density at radius 2 is 2.12 bits per heavy atom. The smallest absolute Gasteiger partial charge is 0.237 e. The van der Waals surface area contributed by atoms with Gasteiger partial charge in [0.25, 0.3) is 0 Å². The van der Waals surface area contributed by atoms with Gasteiger partial charge in [0.2, 0.25) is 5.91 Å². The predicted octanol–water partition coefficient (Wildman–Crippen LogP) is 1.83. The Bertz CT molecular complexity index is 741. The van der Waals surface area contributed by atoms with Crippen LogP contribution in [0.4, 0.5) is 0 Å². The highest BCUT2D eigenvalue weighted by Gasteiger charge is 2.33. The first-order chi connectivity index (χ1) is 11.7. The third-order valence-electron chi connectivity index (χ3n) is 5.05. The van der Waals surface area contributed by atoms with E-state index in [1.165, 1.54) is 11.1 Å². The molecular formula is C18H23N5O. The number of aryl methyl sites for hydroxylation is 1. The van der Waals surface area contributed by atoms with E-state index in [1.54, 1.807) is 0 Å². The summed E-state index contributed by atoms with van der Waals surface area (Å²) in [7, 11) is 0. The molecule has 3 heterocycles. The lowest BCUT2D eigenvalue weighted by atomic mass is 10.00. The van der Waals surface area contributed by atoms with Crippen LogP contribution in [0.25, 0.3) is 0 Å². The van der Waals surface area contributed by atoms with E-state index in [4.69, 9.17) is 0 Å². The van der Waals surface area contributed by atoms with Gasteiger partial charge in [0, 0.05) is 19.6 Å². The van der Waals surface area contributed by atoms with Crippen molar-refractivity contribution in [3.63, 3.8) is 0 Å². The maximum absolute atomic E-state index is 12.8. The van der Waals surface area contributed by atoms with Gasteiger partial charge < -0.3 is 4.90 Å². The topological polar surface area (TPSA) is 65.1 Å². The average Bonchev–Trinajstić information content (AvgIpc) is 3.23. The highest BCUT2D eigenvalue weighted by atomic mass is 16.2. The Morgan fingerprint density at radius 3 is 2.92 bits per heavy atom. The van der Waals surface area contributed by atoms with Crippen LogP contribution in [0.2, 0.25) is 0 Å². The maximum Gasteiger partial charge on any atom is 0.237 e. The summed E-state index contributed by atoms with van der Waals surface area (Å²) in [6, 6.07) is 8.55. The summed E-state index contributed by atoms with van der Waals surface area (Å²) in [6.45, 7) is 4.99. The van der Waals surface area contributed by atoms with E-state index in [1.807, 2.05) is 11.8 Å². The fraction of sp³-hybridized carbons (Fsp3) is 0.500. The van der Waals surface area contributed by atoms with Gasteiger partial charge in [-0.05, 0) is 37.3 Å². The fourth-order valence-corrected chi connectivity index (χ4v) is 3.81. The number of amides is 1. The average molecular weight is 325 g/mol. The lowest BCUT2D eigenvalue weighted by Crippen LogP contribution is -2.42. The molecule has 1 aromatic carbocycles. The number of nitrogens with zero attached hydrogens (tertiary/aromatic N) is 4. The molecule has 2 aliphatic heterocycles. The van der Waals surface area contributed by atoms with Crippen molar-refractivity contribution in [2.24, 2.45) is 0 Å². The number of nitrogens with one attached hydrogen (secondary N) is 1. The van der Waals surface area contributed by atoms with Crippen LogP contribution in [0, 0.1) is 6.92 Å². The number of H-pyrrole nitrogens is 1. The van der Waals surface area contributed by atoms with Gasteiger partial charge in [0.05, 0.1) is 12.6 Å². The molecule has 0 unspecified atom stereocenters. The van der Waals surface area contributed by atoms with Gasteiger partial charge in [-0.1, -0.05) is 24.3 Å². The van der Waals surface area contributed by atoms with Gasteiger partial charge in [-0.15, -0.1) is 0 Å². The van der Waals surface area contributed by atoms with E-state index in [0.717, 1.165) is 50.5 Å². The predicted molar refractivity (Wildman–Crippen MR) is 90.2 cm³/mol. The summed E-state index contributed by atoms with van der Waals surface area (Å²) in [5.41, 5.74) is 2.76. The van der Waals surface area contributed by atoms with Crippen LogP contribution in [0.5, 0.6) is 0 Å². The number of hydrogen-bond donors (Lipinski definition) is 1. The van der Waals surface area contributed by atoms with Crippen LogP contribution in [-0.2, 0) is 17.8 Å². The molecular weight excluding hydrogens is 302 g/mol. The summed E-state index contributed by atoms with van der Waals surface area (Å²) in [5.74, 6) is 1.75. The summed E-state index contributed by atoms with van der Waals surface area (Å²) >= 11 is 0. The monoisotopic (exact) mass is 325 g/mol. The van der Waals surface area contributed by atoms with Gasteiger partial charge in [-0.3, -0.25) is 14.8 Å². The second-order valence-corrected chi connectivity index (χ2v) is 6.75. The minimum atomic E-state index is 0.0273. The largest absolute Gasteiger partial charge is 0.331 e. The van der Waals surface area contributed by atoms with Crippen molar-refractivity contribution < 1.29 is 4.79 Å². The van der Waals surface area contributed by atoms with Crippen molar-refractivity contribution in [3.05, 3.63) is 47.0 Å². The molecule has 2 aromatic rings. The third-order valence-corrected chi connectivity index (χ3v) is 5.05. The molecule has 1 N–H and O–H groups in total. The number of aromatic nitrogens is 3. The Balaban J connectivity index is 1.43. The molecule has 1 atom stereocenters. The highest BCUT2D eigenvalue weighted by molar-refractivity contribution is 5.79. The number of rotatable bonds is 3. The molecule has 0 saturated carbocycles. The van der Waals surface area contributed by atoms with Crippen molar-refractivity contribution in [2.75, 3.05) is 19.6 Å². The number of aromatic amines is 1. The zero-order chi connectivity index (χ0) is 16.5. The van der Waals surface area contributed by atoms with Crippen LogP contribution >= 0.6 is 0 Å². The van der Waals surface area contributed by atoms with Crippen molar-refractivity contribution in [1.29, 1.82) is 0 Å². The second kappa shape index (κ2) is 6.36. The quantitative estimate of drug-likeness (QED) is 0.935. The van der Waals surface area contributed by atoms with Crippen molar-refractivity contribution in [2.45, 2.75) is 38.8 Å². The van der Waals surface area contributed by atoms with E-state index >= 15 is 0 Å². The minimum Gasteiger partial charge on any atom is -0.331 e. The van der Waals surface area contributed by atoms with Gasteiger partial charge in [0.1, 0.15) is 5.82 Å². The molecule has 126 valence electrons. The second-order valence-electron chi connectivity index (χ2n) is 6.75. The van der Waals surface area contributed by atoms with Crippen molar-refractivity contribution in [3.8, 4) is 0 Å². The molecule has 1 saturated heterocycles. The van der Waals surface area contributed by atoms with Gasteiger partial charge in [-0.25, -0.2) is 4.98 Å². The first kappa shape index (κ1) is 15.3. The van der Waals surface area contributed by atoms with Crippen LogP contribution in [0.3, 0.4) is 0 Å². The zero-order valence-electron chi connectivity index (χ0n) is 14.0. The molecule has 24 heavy (non-hydrogen) atoms. The summed E-state index contributed by atoms with van der Waals surface area (Å²) < 4.78 is 0. The van der Waals surface area contributed by atoms with E-state index in [2.05, 4.69) is 44.3 Å². The molecule has 1 aromatic heterocycles. The Kier molecular flexibility index (Phi) is 4.06. The van der Waals surface area contributed by atoms with Crippen LogP contribution in [0.15, 0.2) is 24.3 Å². The number of carbonyl (C=O) groups excluding carboxylic acids is 1. The molecule has 1 fully saturated rings. The number of carbonyl (C=O) groups is 1. The number of fused-ring (bicyclic) bond motifs is 1. The molecule has 2 aliphatic rings. The summed E-state index contributed by atoms with van der Waals surface area (Å²) in [5, 5.41) is 7.15. The zero-order valence-corrected chi connectivity index (χ0v) is 14.0. The number of benzene rings is 1. The third kappa shape index (κ3) is 2.94. The molecule has 0 spiro atoms. The van der Waals surface area contributed by atoms with Crippen LogP contribution in [-0.4, -0.2) is 50.5 Å². The highest BCUT2D eigenvalue weighted by Crippen LogP contribution is 2.30. The van der Waals surface area contributed by atoms with E-state index in [-0.39, 0.29) is 11.9 Å². The number of likely N-dealkylation sites (tertiary alicyclic amines) is 1. The fourth-order valence-electron chi connectivity index (χ4n) is 3.81. The normalized spacial score (nSPS) is 21.0. The Labute approximate surface area is 141 Å². The Hall–Kier alpha value is -2.21. The van der Waals surface area contributed by atoms with Gasteiger partial charge in [0.15, 0.2) is 5.82 Å². The van der Waals surface area contributed by atoms with Gasteiger partial charge >= 0.3 is 0 Å². The first-order valence-electron chi connectivity index (χ1n) is 8.68. The number of hydrogen-bond acceptors (Lipinski definition) is 4. The molecule has 1 amide bonds. The Morgan fingerprint density at radius 1 is 1.29 bits per heavy atom. The molecule has 6 heteroatoms. The minimum absolute atomic E-state index is 0.0273.